The number of thiophene rings is 1. The van der Waals surface area contributed by atoms with Gasteiger partial charge in [-0.05, 0) is 11.4 Å². The highest BCUT2D eigenvalue weighted by molar-refractivity contribution is 7.08. The van der Waals surface area contributed by atoms with E-state index in [9.17, 15) is 14.4 Å². The maximum absolute atomic E-state index is 11.4. The first-order chi connectivity index (χ1) is 8.09. The molecule has 3 amide bonds. The second-order valence-electron chi connectivity index (χ2n) is 3.26. The van der Waals surface area contributed by atoms with Crippen molar-refractivity contribution in [3.05, 3.63) is 22.4 Å². The first-order valence-electron chi connectivity index (χ1n) is 4.95. The molecular formula is C10H13N3O3S. The molecule has 0 radical (unpaired) electrons. The molecule has 0 aromatic carbocycles. The van der Waals surface area contributed by atoms with Crippen molar-refractivity contribution in [3.63, 3.8) is 0 Å². The molecule has 1 aromatic rings. The van der Waals surface area contributed by atoms with Crippen molar-refractivity contribution in [1.29, 1.82) is 0 Å². The molecule has 0 bridgehead atoms. The molecule has 1 rings (SSSR count). The second kappa shape index (κ2) is 6.64. The maximum atomic E-state index is 11.4. The summed E-state index contributed by atoms with van der Waals surface area (Å²) in [4.78, 5) is 33.0. The Morgan fingerprint density at radius 1 is 1.29 bits per heavy atom. The zero-order valence-electron chi connectivity index (χ0n) is 9.06. The lowest BCUT2D eigenvalue weighted by molar-refractivity contribution is -0.124. The molecule has 0 spiro atoms. The van der Waals surface area contributed by atoms with E-state index in [2.05, 4.69) is 10.6 Å². The van der Waals surface area contributed by atoms with Crippen molar-refractivity contribution < 1.29 is 14.4 Å². The Labute approximate surface area is 102 Å². The molecule has 1 aromatic heterocycles. The van der Waals surface area contributed by atoms with Gasteiger partial charge in [0.1, 0.15) is 0 Å². The molecule has 0 saturated carbocycles. The Morgan fingerprint density at radius 2 is 2.06 bits per heavy atom. The van der Waals surface area contributed by atoms with E-state index >= 15 is 0 Å². The van der Waals surface area contributed by atoms with Crippen LogP contribution in [-0.4, -0.2) is 30.8 Å². The number of rotatable bonds is 6. The standard InChI is InChI=1S/C10H13N3O3S/c11-8(14)5-13-9(15)1-3-12-10(16)7-2-4-17-6-7/h2,4,6H,1,3,5H2,(H2,11,14)(H,12,16)(H,13,15). The fourth-order valence-electron chi connectivity index (χ4n) is 1.06. The predicted molar refractivity (Wildman–Crippen MR) is 63.5 cm³/mol. The lowest BCUT2D eigenvalue weighted by Gasteiger charge is -2.04. The third-order valence-electron chi connectivity index (χ3n) is 1.88. The van der Waals surface area contributed by atoms with E-state index in [0.717, 1.165) is 0 Å². The largest absolute Gasteiger partial charge is 0.368 e. The Balaban J connectivity index is 2.17. The summed E-state index contributed by atoms with van der Waals surface area (Å²) in [5.74, 6) is -1.14. The monoisotopic (exact) mass is 255 g/mol. The predicted octanol–water partition coefficient (Wildman–Crippen LogP) is -0.531. The van der Waals surface area contributed by atoms with Gasteiger partial charge in [-0.25, -0.2) is 0 Å². The van der Waals surface area contributed by atoms with Gasteiger partial charge in [-0.3, -0.25) is 14.4 Å². The summed E-state index contributed by atoms with van der Waals surface area (Å²) in [7, 11) is 0. The minimum absolute atomic E-state index is 0.114. The number of carbonyl (C=O) groups excluding carboxylic acids is 3. The Kier molecular flexibility index (Phi) is 5.15. The van der Waals surface area contributed by atoms with Crippen molar-refractivity contribution in [2.45, 2.75) is 6.42 Å². The lowest BCUT2D eigenvalue weighted by atomic mass is 10.3. The summed E-state index contributed by atoms with van der Waals surface area (Å²) >= 11 is 1.43. The Morgan fingerprint density at radius 3 is 2.65 bits per heavy atom. The highest BCUT2D eigenvalue weighted by Crippen LogP contribution is 2.04. The first-order valence-corrected chi connectivity index (χ1v) is 5.89. The summed E-state index contributed by atoms with van der Waals surface area (Å²) < 4.78 is 0. The molecule has 0 aliphatic rings. The topological polar surface area (TPSA) is 101 Å². The van der Waals surface area contributed by atoms with E-state index in [-0.39, 0.29) is 31.3 Å². The smallest absolute Gasteiger partial charge is 0.252 e. The van der Waals surface area contributed by atoms with E-state index in [1.54, 1.807) is 16.8 Å². The maximum Gasteiger partial charge on any atom is 0.252 e. The van der Waals surface area contributed by atoms with Crippen molar-refractivity contribution >= 4 is 29.1 Å². The summed E-state index contributed by atoms with van der Waals surface area (Å²) in [6.45, 7) is 0.0383. The number of hydrogen-bond acceptors (Lipinski definition) is 4. The fraction of sp³-hybridized carbons (Fsp3) is 0.300. The number of carbonyl (C=O) groups is 3. The van der Waals surface area contributed by atoms with Gasteiger partial charge in [0.05, 0.1) is 6.54 Å². The molecule has 0 unspecified atom stereocenters. The number of nitrogens with two attached hydrogens (primary N) is 1. The van der Waals surface area contributed by atoms with Crippen LogP contribution >= 0.6 is 11.3 Å². The van der Waals surface area contributed by atoms with Gasteiger partial charge in [0.2, 0.25) is 11.8 Å². The molecule has 0 aliphatic carbocycles. The van der Waals surface area contributed by atoms with Crippen LogP contribution in [0.3, 0.4) is 0 Å². The molecule has 6 nitrogen and oxygen atoms in total. The number of nitrogens with one attached hydrogen (secondary N) is 2. The number of amides is 3. The molecule has 0 fully saturated rings. The Hall–Kier alpha value is -1.89. The lowest BCUT2D eigenvalue weighted by Crippen LogP contribution is -2.35. The highest BCUT2D eigenvalue weighted by atomic mass is 32.1. The van der Waals surface area contributed by atoms with Crippen LogP contribution in [0.4, 0.5) is 0 Å². The van der Waals surface area contributed by atoms with Crippen LogP contribution in [0, 0.1) is 0 Å². The van der Waals surface area contributed by atoms with Gasteiger partial charge in [0.25, 0.3) is 5.91 Å². The van der Waals surface area contributed by atoms with Crippen molar-refractivity contribution in [2.75, 3.05) is 13.1 Å². The molecule has 0 saturated heterocycles. The number of primary amides is 1. The van der Waals surface area contributed by atoms with Gasteiger partial charge in [-0.1, -0.05) is 0 Å². The molecule has 92 valence electrons. The normalized spacial score (nSPS) is 9.65. The average Bonchev–Trinajstić information content (AvgIpc) is 2.79. The van der Waals surface area contributed by atoms with Crippen LogP contribution in [0.1, 0.15) is 16.8 Å². The molecule has 17 heavy (non-hydrogen) atoms. The highest BCUT2D eigenvalue weighted by Gasteiger charge is 2.06. The zero-order chi connectivity index (χ0) is 12.7. The first kappa shape index (κ1) is 13.2. The minimum atomic E-state index is -0.597. The zero-order valence-corrected chi connectivity index (χ0v) is 9.88. The SMILES string of the molecule is NC(=O)CNC(=O)CCNC(=O)c1ccsc1. The van der Waals surface area contributed by atoms with Crippen LogP contribution in [0.5, 0.6) is 0 Å². The van der Waals surface area contributed by atoms with Gasteiger partial charge in [0, 0.05) is 23.9 Å². The summed E-state index contributed by atoms with van der Waals surface area (Å²) in [6, 6.07) is 1.70. The van der Waals surface area contributed by atoms with E-state index in [1.165, 1.54) is 11.3 Å². The van der Waals surface area contributed by atoms with Crippen molar-refractivity contribution in [3.8, 4) is 0 Å². The van der Waals surface area contributed by atoms with Crippen LogP contribution in [0.2, 0.25) is 0 Å². The van der Waals surface area contributed by atoms with E-state index in [1.807, 2.05) is 0 Å². The van der Waals surface area contributed by atoms with Gasteiger partial charge < -0.3 is 16.4 Å². The Bertz CT molecular complexity index is 403. The van der Waals surface area contributed by atoms with Gasteiger partial charge in [-0.15, -0.1) is 0 Å². The average molecular weight is 255 g/mol. The van der Waals surface area contributed by atoms with Crippen LogP contribution in [0.15, 0.2) is 16.8 Å². The van der Waals surface area contributed by atoms with Gasteiger partial charge >= 0.3 is 0 Å². The third kappa shape index (κ3) is 5.12. The molecule has 7 heteroatoms. The van der Waals surface area contributed by atoms with Gasteiger partial charge in [0.15, 0.2) is 0 Å². The fourth-order valence-corrected chi connectivity index (χ4v) is 1.70. The minimum Gasteiger partial charge on any atom is -0.368 e. The molecular weight excluding hydrogens is 242 g/mol. The van der Waals surface area contributed by atoms with E-state index < -0.39 is 5.91 Å². The van der Waals surface area contributed by atoms with E-state index in [4.69, 9.17) is 5.73 Å². The summed E-state index contributed by atoms with van der Waals surface area (Å²) in [6.07, 6.45) is 0.114. The number of hydrogen-bond donors (Lipinski definition) is 3. The molecule has 1 heterocycles. The summed E-state index contributed by atoms with van der Waals surface area (Å²) in [5.41, 5.74) is 5.44. The molecule has 0 aliphatic heterocycles. The van der Waals surface area contributed by atoms with Gasteiger partial charge in [-0.2, -0.15) is 11.3 Å². The van der Waals surface area contributed by atoms with E-state index in [0.29, 0.717) is 5.56 Å². The quantitative estimate of drug-likeness (QED) is 0.636. The second-order valence-corrected chi connectivity index (χ2v) is 4.04. The van der Waals surface area contributed by atoms with Crippen LogP contribution in [-0.2, 0) is 9.59 Å². The van der Waals surface area contributed by atoms with Crippen LogP contribution < -0.4 is 16.4 Å². The van der Waals surface area contributed by atoms with Crippen molar-refractivity contribution in [2.24, 2.45) is 5.73 Å². The third-order valence-corrected chi connectivity index (χ3v) is 2.56. The molecule has 0 atom stereocenters. The summed E-state index contributed by atoms with van der Waals surface area (Å²) in [5, 5.41) is 8.45. The molecule has 4 N–H and O–H groups in total. The van der Waals surface area contributed by atoms with Crippen molar-refractivity contribution in [1.82, 2.24) is 10.6 Å². The van der Waals surface area contributed by atoms with Crippen LogP contribution in [0.25, 0.3) is 0 Å².